The third-order valence-corrected chi connectivity index (χ3v) is 3.06. The van der Waals surface area contributed by atoms with Crippen LogP contribution in [0.25, 0.3) is 0 Å². The van der Waals surface area contributed by atoms with Crippen molar-refractivity contribution >= 4 is 23.4 Å². The van der Waals surface area contributed by atoms with Gasteiger partial charge < -0.3 is 5.32 Å². The molecule has 1 N–H and O–H groups in total. The van der Waals surface area contributed by atoms with E-state index in [9.17, 15) is 4.79 Å². The van der Waals surface area contributed by atoms with E-state index in [0.717, 1.165) is 5.69 Å². The average Bonchev–Trinajstić information content (AvgIpc) is 2.30. The molecule has 0 aliphatic carbocycles. The monoisotopic (exact) mass is 248 g/mol. The maximum absolute atomic E-state index is 11.5. The molecule has 0 aromatic heterocycles. The van der Waals surface area contributed by atoms with Gasteiger partial charge in [0.2, 0.25) is 5.91 Å². The van der Waals surface area contributed by atoms with Crippen LogP contribution in [0.3, 0.4) is 0 Å². The van der Waals surface area contributed by atoms with E-state index in [1.54, 1.807) is 0 Å². The van der Waals surface area contributed by atoms with Gasteiger partial charge in [0.05, 0.1) is 17.6 Å². The van der Waals surface area contributed by atoms with Gasteiger partial charge in [-0.1, -0.05) is 26.0 Å². The molecule has 0 radical (unpaired) electrons. The first-order valence-corrected chi connectivity index (χ1v) is 6.63. The summed E-state index contributed by atoms with van der Waals surface area (Å²) in [6, 6.07) is 9.83. The van der Waals surface area contributed by atoms with Crippen LogP contribution < -0.4 is 5.32 Å². The van der Waals surface area contributed by atoms with Crippen LogP contribution >= 0.6 is 11.8 Å². The summed E-state index contributed by atoms with van der Waals surface area (Å²) in [6.45, 7) is 4.26. The number of nitrogens with one attached hydrogen (secondary N) is 1. The Bertz CT molecular complexity index is 406. The first kappa shape index (κ1) is 13.6. The van der Waals surface area contributed by atoms with Crippen molar-refractivity contribution in [3.05, 3.63) is 29.8 Å². The molecule has 1 amide bonds. The fraction of sp³-hybridized carbons (Fsp3) is 0.385. The number of nitriles is 1. The molecular weight excluding hydrogens is 232 g/mol. The van der Waals surface area contributed by atoms with Gasteiger partial charge in [-0.05, 0) is 23.6 Å². The summed E-state index contributed by atoms with van der Waals surface area (Å²) < 4.78 is 0. The predicted molar refractivity (Wildman–Crippen MR) is 72.1 cm³/mol. The van der Waals surface area contributed by atoms with E-state index in [4.69, 9.17) is 5.26 Å². The number of amides is 1. The van der Waals surface area contributed by atoms with Crippen molar-refractivity contribution in [2.45, 2.75) is 19.8 Å². The van der Waals surface area contributed by atoms with Crippen molar-refractivity contribution in [1.82, 2.24) is 0 Å². The molecular formula is C13H16N2OS. The summed E-state index contributed by atoms with van der Waals surface area (Å²) in [5, 5.41) is 11.1. The molecule has 1 aromatic carbocycles. The summed E-state index contributed by atoms with van der Waals surface area (Å²) in [7, 11) is 0. The summed E-state index contributed by atoms with van der Waals surface area (Å²) in [5.41, 5.74) is 2.05. The molecule has 0 fully saturated rings. The Balaban J connectivity index is 2.46. The Morgan fingerprint density at radius 3 is 2.59 bits per heavy atom. The molecule has 0 atom stereocenters. The molecule has 0 saturated heterocycles. The molecule has 0 unspecified atom stereocenters. The molecule has 3 nitrogen and oxygen atoms in total. The number of anilines is 1. The normalized spacial score (nSPS) is 10.0. The minimum absolute atomic E-state index is 0.0671. The summed E-state index contributed by atoms with van der Waals surface area (Å²) in [4.78, 5) is 11.5. The van der Waals surface area contributed by atoms with Gasteiger partial charge in [0.1, 0.15) is 0 Å². The van der Waals surface area contributed by atoms with Crippen LogP contribution in [0.4, 0.5) is 5.69 Å². The Morgan fingerprint density at radius 2 is 2.06 bits per heavy atom. The largest absolute Gasteiger partial charge is 0.325 e. The molecule has 0 heterocycles. The fourth-order valence-electron chi connectivity index (χ4n) is 1.34. The molecule has 0 aliphatic heterocycles. The molecule has 17 heavy (non-hydrogen) atoms. The zero-order valence-corrected chi connectivity index (χ0v) is 10.9. The summed E-state index contributed by atoms with van der Waals surface area (Å²) in [5.74, 6) is 1.09. The number of nitrogens with zero attached hydrogens (tertiary/aromatic N) is 1. The second kappa shape index (κ2) is 6.97. The van der Waals surface area contributed by atoms with Crippen LogP contribution in [0.5, 0.6) is 0 Å². The van der Waals surface area contributed by atoms with Gasteiger partial charge in [-0.3, -0.25) is 4.79 Å². The number of thioether (sulfide) groups is 1. The van der Waals surface area contributed by atoms with Gasteiger partial charge in [-0.25, -0.2) is 0 Å². The van der Waals surface area contributed by atoms with Crippen LogP contribution in [-0.4, -0.2) is 17.4 Å². The van der Waals surface area contributed by atoms with E-state index < -0.39 is 0 Å². The van der Waals surface area contributed by atoms with Crippen LogP contribution in [0.2, 0.25) is 0 Å². The molecule has 0 bridgehead atoms. The highest BCUT2D eigenvalue weighted by Crippen LogP contribution is 2.17. The number of rotatable bonds is 5. The lowest BCUT2D eigenvalue weighted by Gasteiger charge is -2.08. The molecule has 0 saturated carbocycles. The number of hydrogen-bond donors (Lipinski definition) is 1. The van der Waals surface area contributed by atoms with Crippen molar-refractivity contribution in [1.29, 1.82) is 5.26 Å². The Morgan fingerprint density at radius 1 is 1.41 bits per heavy atom. The third kappa shape index (κ3) is 4.92. The number of carbonyl (C=O) groups excluding carboxylic acids is 1. The first-order chi connectivity index (χ1) is 8.13. The highest BCUT2D eigenvalue weighted by Gasteiger charge is 2.03. The first-order valence-electron chi connectivity index (χ1n) is 5.48. The van der Waals surface area contributed by atoms with Gasteiger partial charge >= 0.3 is 0 Å². The van der Waals surface area contributed by atoms with Crippen LogP contribution in [-0.2, 0) is 4.79 Å². The molecule has 0 spiro atoms. The van der Waals surface area contributed by atoms with Crippen molar-refractivity contribution in [2.75, 3.05) is 16.8 Å². The third-order valence-electron chi connectivity index (χ3n) is 2.26. The van der Waals surface area contributed by atoms with Crippen LogP contribution in [0, 0.1) is 11.3 Å². The minimum Gasteiger partial charge on any atom is -0.325 e. The van der Waals surface area contributed by atoms with Gasteiger partial charge in [0.25, 0.3) is 0 Å². The second-order valence-electron chi connectivity index (χ2n) is 3.98. The topological polar surface area (TPSA) is 52.9 Å². The van der Waals surface area contributed by atoms with Gasteiger partial charge in [0, 0.05) is 5.69 Å². The smallest absolute Gasteiger partial charge is 0.234 e. The molecule has 90 valence electrons. The van der Waals surface area contributed by atoms with Crippen molar-refractivity contribution in [3.8, 4) is 6.07 Å². The van der Waals surface area contributed by atoms with E-state index in [-0.39, 0.29) is 5.91 Å². The molecule has 1 aromatic rings. The molecule has 4 heteroatoms. The summed E-state index contributed by atoms with van der Waals surface area (Å²) >= 11 is 1.32. The number of hydrogen-bond acceptors (Lipinski definition) is 3. The zero-order valence-electron chi connectivity index (χ0n) is 10.1. The van der Waals surface area contributed by atoms with Gasteiger partial charge in [-0.2, -0.15) is 5.26 Å². The average molecular weight is 248 g/mol. The maximum Gasteiger partial charge on any atom is 0.234 e. The van der Waals surface area contributed by atoms with E-state index in [2.05, 4.69) is 19.2 Å². The lowest BCUT2D eigenvalue weighted by molar-refractivity contribution is -0.113. The Labute approximate surface area is 106 Å². The fourth-order valence-corrected chi connectivity index (χ4v) is 1.79. The second-order valence-corrected chi connectivity index (χ2v) is 4.96. The highest BCUT2D eigenvalue weighted by atomic mass is 32.2. The standard InChI is InChI=1S/C13H16N2OS/c1-10(2)11-3-5-12(6-4-11)15-13(16)9-17-8-7-14/h3-6,10H,8-9H2,1-2H3,(H,15,16). The van der Waals surface area contributed by atoms with E-state index in [0.29, 0.717) is 17.4 Å². The van der Waals surface area contributed by atoms with E-state index in [1.165, 1.54) is 17.3 Å². The van der Waals surface area contributed by atoms with Crippen LogP contribution in [0.15, 0.2) is 24.3 Å². The van der Waals surface area contributed by atoms with E-state index in [1.807, 2.05) is 30.3 Å². The summed E-state index contributed by atoms with van der Waals surface area (Å²) in [6.07, 6.45) is 0. The lowest BCUT2D eigenvalue weighted by atomic mass is 10.0. The van der Waals surface area contributed by atoms with E-state index >= 15 is 0 Å². The SMILES string of the molecule is CC(C)c1ccc(NC(=O)CSCC#N)cc1. The number of benzene rings is 1. The number of carbonyl (C=O) groups is 1. The Hall–Kier alpha value is -1.47. The quantitative estimate of drug-likeness (QED) is 0.815. The van der Waals surface area contributed by atoms with Crippen molar-refractivity contribution < 1.29 is 4.79 Å². The Kier molecular flexibility index (Phi) is 5.58. The predicted octanol–water partition coefficient (Wildman–Crippen LogP) is 3.01. The van der Waals surface area contributed by atoms with Crippen molar-refractivity contribution in [3.63, 3.8) is 0 Å². The zero-order chi connectivity index (χ0) is 12.7. The van der Waals surface area contributed by atoms with Crippen molar-refractivity contribution in [2.24, 2.45) is 0 Å². The highest BCUT2D eigenvalue weighted by molar-refractivity contribution is 8.00. The minimum atomic E-state index is -0.0671. The molecule has 0 aliphatic rings. The van der Waals surface area contributed by atoms with Gasteiger partial charge in [0.15, 0.2) is 0 Å². The van der Waals surface area contributed by atoms with Gasteiger partial charge in [-0.15, -0.1) is 11.8 Å². The maximum atomic E-state index is 11.5. The molecule has 1 rings (SSSR count). The lowest BCUT2D eigenvalue weighted by Crippen LogP contribution is -2.14. The van der Waals surface area contributed by atoms with Crippen LogP contribution in [0.1, 0.15) is 25.3 Å².